The third-order valence-corrected chi connectivity index (χ3v) is 10.1. The predicted molar refractivity (Wildman–Crippen MR) is 192 cm³/mol. The number of nitrogens with one attached hydrogen (secondary N) is 1. The molecule has 1 aromatic heterocycles. The lowest BCUT2D eigenvalue weighted by atomic mass is 10.0. The number of nitrogens with zero attached hydrogens (tertiary/aromatic N) is 3. The molecule has 0 spiro atoms. The van der Waals surface area contributed by atoms with Crippen molar-refractivity contribution < 1.29 is 14.3 Å². The molecular formula is C38H41Cl2N5O3. The number of halogens is 2. The molecule has 2 saturated heterocycles. The number of hydrogen-bond acceptors (Lipinski definition) is 6. The molecule has 3 heterocycles. The van der Waals surface area contributed by atoms with Crippen LogP contribution >= 0.6 is 23.2 Å². The van der Waals surface area contributed by atoms with Gasteiger partial charge in [0.05, 0.1) is 0 Å². The zero-order valence-electron chi connectivity index (χ0n) is 27.1. The third-order valence-electron chi connectivity index (χ3n) is 9.39. The Hall–Kier alpha value is -4.11. The standard InChI is InChI=1S/C38H41Cl2N5O3/c1-25(29-21-33(39)32(34(40)22-29)13-16-42-37(46)27-7-3-2-4-8-27)48-35-23-30(24-43-36(35)41)26-9-11-28(12-10-26)38(47)45-19-14-31(15-20-45)44-17-5-6-18-44/h2-4,7-12,21-25,31H,5-6,13-20H2,1H3,(H2,41,43)(H,42,46). The summed E-state index contributed by atoms with van der Waals surface area (Å²) in [6.45, 7) is 6.27. The van der Waals surface area contributed by atoms with Crippen LogP contribution in [0.5, 0.6) is 5.75 Å². The fourth-order valence-electron chi connectivity index (χ4n) is 6.58. The van der Waals surface area contributed by atoms with Gasteiger partial charge in [0.1, 0.15) is 6.10 Å². The molecule has 2 aliphatic heterocycles. The zero-order chi connectivity index (χ0) is 33.6. The Morgan fingerprint density at radius 3 is 2.25 bits per heavy atom. The first-order valence-electron chi connectivity index (χ1n) is 16.6. The van der Waals surface area contributed by atoms with Crippen LogP contribution in [0.2, 0.25) is 10.0 Å². The highest BCUT2D eigenvalue weighted by Crippen LogP contribution is 2.34. The number of carbonyl (C=O) groups excluding carboxylic acids is 2. The maximum atomic E-state index is 13.3. The van der Waals surface area contributed by atoms with E-state index in [0.717, 1.165) is 48.2 Å². The molecule has 250 valence electrons. The molecule has 2 amide bonds. The molecule has 3 N–H and O–H groups in total. The van der Waals surface area contributed by atoms with Crippen LogP contribution in [0.1, 0.15) is 70.6 Å². The molecule has 1 unspecified atom stereocenters. The minimum atomic E-state index is -0.430. The Morgan fingerprint density at radius 2 is 1.58 bits per heavy atom. The van der Waals surface area contributed by atoms with Crippen LogP contribution in [0.25, 0.3) is 11.1 Å². The lowest BCUT2D eigenvalue weighted by molar-refractivity contribution is 0.0644. The highest BCUT2D eigenvalue weighted by atomic mass is 35.5. The Kier molecular flexibility index (Phi) is 10.8. The van der Waals surface area contributed by atoms with Gasteiger partial charge in [0, 0.05) is 58.6 Å². The van der Waals surface area contributed by atoms with Crippen molar-refractivity contribution in [3.05, 3.63) is 111 Å². The summed E-state index contributed by atoms with van der Waals surface area (Å²) in [4.78, 5) is 34.6. The molecule has 10 heteroatoms. The zero-order valence-corrected chi connectivity index (χ0v) is 28.6. The van der Waals surface area contributed by atoms with Crippen molar-refractivity contribution in [1.82, 2.24) is 20.1 Å². The Morgan fingerprint density at radius 1 is 0.917 bits per heavy atom. The summed E-state index contributed by atoms with van der Waals surface area (Å²) in [5.41, 5.74) is 10.7. The normalized spacial score (nSPS) is 16.1. The predicted octanol–water partition coefficient (Wildman–Crippen LogP) is 7.45. The summed E-state index contributed by atoms with van der Waals surface area (Å²) >= 11 is 13.3. The molecular weight excluding hydrogens is 645 g/mol. The number of anilines is 1. The highest BCUT2D eigenvalue weighted by molar-refractivity contribution is 6.36. The van der Waals surface area contributed by atoms with Crippen LogP contribution < -0.4 is 15.8 Å². The molecule has 8 nitrogen and oxygen atoms in total. The van der Waals surface area contributed by atoms with E-state index in [1.54, 1.807) is 18.3 Å². The Labute approximate surface area is 292 Å². The van der Waals surface area contributed by atoms with Crippen LogP contribution in [-0.2, 0) is 6.42 Å². The second kappa shape index (κ2) is 15.4. The minimum absolute atomic E-state index is 0.0787. The molecule has 1 atom stereocenters. The molecule has 0 bridgehead atoms. The van der Waals surface area contributed by atoms with Crippen molar-refractivity contribution in [2.75, 3.05) is 38.5 Å². The van der Waals surface area contributed by atoms with E-state index >= 15 is 0 Å². The van der Waals surface area contributed by atoms with Crippen LogP contribution in [0.3, 0.4) is 0 Å². The number of benzene rings is 3. The largest absolute Gasteiger partial charge is 0.482 e. The lowest BCUT2D eigenvalue weighted by Gasteiger charge is -2.36. The summed E-state index contributed by atoms with van der Waals surface area (Å²) in [6.07, 6.45) is 6.41. The van der Waals surface area contributed by atoms with Crippen molar-refractivity contribution in [3.63, 3.8) is 0 Å². The monoisotopic (exact) mass is 685 g/mol. The van der Waals surface area contributed by atoms with Gasteiger partial charge in [-0.15, -0.1) is 0 Å². The van der Waals surface area contributed by atoms with Crippen LogP contribution in [-0.4, -0.2) is 65.4 Å². The van der Waals surface area contributed by atoms with Gasteiger partial charge in [0.25, 0.3) is 11.8 Å². The smallest absolute Gasteiger partial charge is 0.253 e. The Balaban J connectivity index is 1.06. The second-order valence-electron chi connectivity index (χ2n) is 12.5. The number of nitrogens with two attached hydrogens (primary N) is 1. The third kappa shape index (κ3) is 7.95. The topological polar surface area (TPSA) is 101 Å². The number of pyridine rings is 1. The highest BCUT2D eigenvalue weighted by Gasteiger charge is 2.28. The van der Waals surface area contributed by atoms with Gasteiger partial charge in [-0.05, 0) is 111 Å². The first-order chi connectivity index (χ1) is 23.3. The molecule has 4 aromatic rings. The number of likely N-dealkylation sites (tertiary alicyclic amines) is 2. The van der Waals surface area contributed by atoms with E-state index in [2.05, 4.69) is 15.2 Å². The summed E-state index contributed by atoms with van der Waals surface area (Å²) < 4.78 is 6.27. The number of amides is 2. The molecule has 3 aromatic carbocycles. The molecule has 2 aliphatic rings. The van der Waals surface area contributed by atoms with E-state index in [0.29, 0.717) is 45.9 Å². The van der Waals surface area contributed by atoms with Crippen LogP contribution in [0.4, 0.5) is 5.82 Å². The van der Waals surface area contributed by atoms with E-state index < -0.39 is 6.10 Å². The maximum absolute atomic E-state index is 13.3. The number of ether oxygens (including phenoxy) is 1. The molecule has 6 rings (SSSR count). The number of carbonyl (C=O) groups is 2. The van der Waals surface area contributed by atoms with Gasteiger partial charge in [-0.1, -0.05) is 53.5 Å². The summed E-state index contributed by atoms with van der Waals surface area (Å²) in [5.74, 6) is 0.622. The molecule has 2 fully saturated rings. The van der Waals surface area contributed by atoms with E-state index in [1.165, 1.54) is 25.9 Å². The number of rotatable bonds is 10. The average molecular weight is 687 g/mol. The SMILES string of the molecule is CC(Oc1cc(-c2ccc(C(=O)N3CCC(N4CCCC4)CC3)cc2)cnc1N)c1cc(Cl)c(CCNC(=O)c2ccccc2)c(Cl)c1. The summed E-state index contributed by atoms with van der Waals surface area (Å²) in [6, 6.07) is 22.8. The van der Waals surface area contributed by atoms with E-state index in [9.17, 15) is 9.59 Å². The number of aromatic nitrogens is 1. The fourth-order valence-corrected chi connectivity index (χ4v) is 7.28. The molecule has 0 saturated carbocycles. The molecule has 0 aliphatic carbocycles. The van der Waals surface area contributed by atoms with Crippen molar-refractivity contribution in [2.24, 2.45) is 0 Å². The average Bonchev–Trinajstić information content (AvgIpc) is 3.66. The lowest BCUT2D eigenvalue weighted by Crippen LogP contribution is -2.45. The van der Waals surface area contributed by atoms with Gasteiger partial charge in [-0.2, -0.15) is 0 Å². The van der Waals surface area contributed by atoms with Crippen molar-refractivity contribution in [3.8, 4) is 16.9 Å². The van der Waals surface area contributed by atoms with Gasteiger partial charge in [0.2, 0.25) is 0 Å². The summed E-state index contributed by atoms with van der Waals surface area (Å²) in [7, 11) is 0. The quantitative estimate of drug-likeness (QED) is 0.180. The van der Waals surface area contributed by atoms with E-state index in [1.807, 2.05) is 72.5 Å². The first kappa shape index (κ1) is 33.8. The molecule has 0 radical (unpaired) electrons. The molecule has 48 heavy (non-hydrogen) atoms. The van der Waals surface area contributed by atoms with E-state index in [4.69, 9.17) is 33.7 Å². The van der Waals surface area contributed by atoms with Crippen molar-refractivity contribution in [1.29, 1.82) is 0 Å². The van der Waals surface area contributed by atoms with Crippen LogP contribution in [0.15, 0.2) is 79.0 Å². The minimum Gasteiger partial charge on any atom is -0.482 e. The first-order valence-corrected chi connectivity index (χ1v) is 17.4. The van der Waals surface area contributed by atoms with Gasteiger partial charge in [-0.3, -0.25) is 9.59 Å². The number of piperidine rings is 1. The fraction of sp³-hybridized carbons (Fsp3) is 0.342. The van der Waals surface area contributed by atoms with Gasteiger partial charge < -0.3 is 25.6 Å². The second-order valence-corrected chi connectivity index (χ2v) is 13.4. The van der Waals surface area contributed by atoms with Gasteiger partial charge in [-0.25, -0.2) is 4.98 Å². The Bertz CT molecular complexity index is 1710. The van der Waals surface area contributed by atoms with Crippen LogP contribution in [0, 0.1) is 0 Å². The van der Waals surface area contributed by atoms with E-state index in [-0.39, 0.29) is 17.6 Å². The summed E-state index contributed by atoms with van der Waals surface area (Å²) in [5, 5.41) is 3.89. The van der Waals surface area contributed by atoms with Crippen molar-refractivity contribution in [2.45, 2.75) is 51.2 Å². The van der Waals surface area contributed by atoms with Crippen molar-refractivity contribution >= 4 is 40.8 Å². The maximum Gasteiger partial charge on any atom is 0.253 e. The van der Waals surface area contributed by atoms with Gasteiger partial charge >= 0.3 is 0 Å². The number of nitrogen functional groups attached to an aromatic ring is 1. The number of hydrogen-bond donors (Lipinski definition) is 2. The van der Waals surface area contributed by atoms with Gasteiger partial charge in [0.15, 0.2) is 11.6 Å².